The number of rotatable bonds is 2. The number of ether oxygens (including phenoxy) is 1. The highest BCUT2D eigenvalue weighted by Gasteiger charge is 2.24. The molecule has 18 heavy (non-hydrogen) atoms. The van der Waals surface area contributed by atoms with Gasteiger partial charge in [0.2, 0.25) is 0 Å². The Bertz CT molecular complexity index is 530. The summed E-state index contributed by atoms with van der Waals surface area (Å²) in [5.41, 5.74) is 0.991. The molecule has 2 unspecified atom stereocenters. The fourth-order valence-electron chi connectivity index (χ4n) is 2.67. The summed E-state index contributed by atoms with van der Waals surface area (Å²) in [4.78, 5) is 4.12. The first-order valence-corrected chi connectivity index (χ1v) is 6.45. The van der Waals surface area contributed by atoms with Crippen molar-refractivity contribution in [1.29, 1.82) is 0 Å². The molecule has 1 aliphatic heterocycles. The number of nitrogens with zero attached hydrogens (tertiary/aromatic N) is 1. The van der Waals surface area contributed by atoms with Crippen LogP contribution in [0.15, 0.2) is 36.7 Å². The maximum Gasteiger partial charge on any atom is 0.0846 e. The van der Waals surface area contributed by atoms with E-state index in [1.165, 1.54) is 0 Å². The van der Waals surface area contributed by atoms with Crippen molar-refractivity contribution in [3.05, 3.63) is 42.2 Å². The molecule has 3 nitrogen and oxygen atoms in total. The first-order chi connectivity index (χ1) is 8.86. The molecule has 1 saturated heterocycles. The topological polar surface area (TPSA) is 42.4 Å². The van der Waals surface area contributed by atoms with Gasteiger partial charge < -0.3 is 9.84 Å². The predicted octanol–water partition coefficient (Wildman–Crippen LogP) is 2.69. The standard InChI is InChI=1S/C15H17NO2/c17-15(12-4-2-8-18-10-12)14-5-1-3-11-9-16-7-6-13(11)14/h1,3,5-7,9,12,15,17H,2,4,8,10H2. The van der Waals surface area contributed by atoms with Crippen LogP contribution in [-0.4, -0.2) is 23.3 Å². The molecule has 0 bridgehead atoms. The van der Waals surface area contributed by atoms with Gasteiger partial charge in [-0.25, -0.2) is 0 Å². The van der Waals surface area contributed by atoms with E-state index in [2.05, 4.69) is 4.98 Å². The largest absolute Gasteiger partial charge is 0.388 e. The van der Waals surface area contributed by atoms with Gasteiger partial charge in [-0.1, -0.05) is 18.2 Å². The summed E-state index contributed by atoms with van der Waals surface area (Å²) >= 11 is 0. The number of hydrogen-bond donors (Lipinski definition) is 1. The summed E-state index contributed by atoms with van der Waals surface area (Å²) in [5, 5.41) is 12.7. The van der Waals surface area contributed by atoms with Crippen LogP contribution in [0, 0.1) is 5.92 Å². The summed E-state index contributed by atoms with van der Waals surface area (Å²) in [6.45, 7) is 1.48. The summed E-state index contributed by atoms with van der Waals surface area (Å²) in [5.74, 6) is 0.206. The Morgan fingerprint density at radius 2 is 2.28 bits per heavy atom. The third-order valence-electron chi connectivity index (χ3n) is 3.68. The zero-order chi connectivity index (χ0) is 12.4. The number of aliphatic hydroxyl groups is 1. The summed E-state index contributed by atoms with van der Waals surface area (Å²) in [6.07, 6.45) is 5.23. The smallest absolute Gasteiger partial charge is 0.0846 e. The monoisotopic (exact) mass is 243 g/mol. The molecule has 1 aliphatic rings. The van der Waals surface area contributed by atoms with Gasteiger partial charge in [-0.3, -0.25) is 4.98 Å². The Balaban J connectivity index is 1.97. The van der Waals surface area contributed by atoms with E-state index in [0.717, 1.165) is 35.8 Å². The van der Waals surface area contributed by atoms with Crippen LogP contribution < -0.4 is 0 Å². The fourth-order valence-corrected chi connectivity index (χ4v) is 2.67. The lowest BCUT2D eigenvalue weighted by molar-refractivity contribution is -0.00942. The van der Waals surface area contributed by atoms with Crippen molar-refractivity contribution in [2.75, 3.05) is 13.2 Å². The summed E-state index contributed by atoms with van der Waals surface area (Å²) in [6, 6.07) is 7.97. The van der Waals surface area contributed by atoms with Gasteiger partial charge in [-0.05, 0) is 29.9 Å². The average molecular weight is 243 g/mol. The second-order valence-corrected chi connectivity index (χ2v) is 4.87. The molecule has 1 aromatic carbocycles. The lowest BCUT2D eigenvalue weighted by Gasteiger charge is -2.27. The van der Waals surface area contributed by atoms with Gasteiger partial charge in [0.1, 0.15) is 0 Å². The van der Waals surface area contributed by atoms with Gasteiger partial charge in [-0.2, -0.15) is 0 Å². The zero-order valence-corrected chi connectivity index (χ0v) is 10.2. The van der Waals surface area contributed by atoms with Crippen LogP contribution in [0.2, 0.25) is 0 Å². The molecule has 1 N–H and O–H groups in total. The average Bonchev–Trinajstić information content (AvgIpc) is 2.47. The van der Waals surface area contributed by atoms with E-state index < -0.39 is 6.10 Å². The number of fused-ring (bicyclic) bond motifs is 1. The molecular formula is C15H17NO2. The highest BCUT2D eigenvalue weighted by molar-refractivity contribution is 5.85. The molecule has 1 aromatic heterocycles. The molecule has 0 amide bonds. The van der Waals surface area contributed by atoms with Crippen molar-refractivity contribution in [3.8, 4) is 0 Å². The van der Waals surface area contributed by atoms with Crippen LogP contribution in [0.1, 0.15) is 24.5 Å². The first-order valence-electron chi connectivity index (χ1n) is 6.45. The van der Waals surface area contributed by atoms with Gasteiger partial charge >= 0.3 is 0 Å². The predicted molar refractivity (Wildman–Crippen MR) is 70.2 cm³/mol. The van der Waals surface area contributed by atoms with E-state index in [0.29, 0.717) is 6.61 Å². The number of aromatic nitrogens is 1. The first kappa shape index (κ1) is 11.6. The van der Waals surface area contributed by atoms with Gasteiger partial charge in [0.05, 0.1) is 12.7 Å². The molecule has 0 saturated carbocycles. The molecule has 3 rings (SSSR count). The molecule has 1 fully saturated rings. The maximum atomic E-state index is 10.5. The molecule has 0 spiro atoms. The Hall–Kier alpha value is -1.45. The third kappa shape index (κ3) is 2.11. The minimum absolute atomic E-state index is 0.206. The third-order valence-corrected chi connectivity index (χ3v) is 3.68. The van der Waals surface area contributed by atoms with Gasteiger partial charge in [-0.15, -0.1) is 0 Å². The Kier molecular flexibility index (Phi) is 3.26. The summed E-state index contributed by atoms with van der Waals surface area (Å²) < 4.78 is 5.46. The van der Waals surface area contributed by atoms with Crippen molar-refractivity contribution >= 4 is 10.8 Å². The number of hydrogen-bond acceptors (Lipinski definition) is 3. The van der Waals surface area contributed by atoms with Crippen molar-refractivity contribution in [1.82, 2.24) is 4.98 Å². The molecule has 2 aromatic rings. The number of pyridine rings is 1. The van der Waals surface area contributed by atoms with Crippen molar-refractivity contribution in [2.45, 2.75) is 18.9 Å². The number of benzene rings is 1. The van der Waals surface area contributed by atoms with Gasteiger partial charge in [0.25, 0.3) is 0 Å². The van der Waals surface area contributed by atoms with Crippen molar-refractivity contribution in [3.63, 3.8) is 0 Å². The minimum atomic E-state index is -0.448. The molecule has 2 atom stereocenters. The minimum Gasteiger partial charge on any atom is -0.388 e. The quantitative estimate of drug-likeness (QED) is 0.881. The van der Waals surface area contributed by atoms with Crippen molar-refractivity contribution in [2.24, 2.45) is 5.92 Å². The highest BCUT2D eigenvalue weighted by Crippen LogP contribution is 2.32. The Morgan fingerprint density at radius 1 is 1.33 bits per heavy atom. The van der Waals surface area contributed by atoms with E-state index in [1.807, 2.05) is 30.5 Å². The second kappa shape index (κ2) is 5.04. The highest BCUT2D eigenvalue weighted by atomic mass is 16.5. The van der Waals surface area contributed by atoms with Gasteiger partial charge in [0, 0.05) is 30.3 Å². The second-order valence-electron chi connectivity index (χ2n) is 4.87. The van der Waals surface area contributed by atoms with E-state index in [-0.39, 0.29) is 5.92 Å². The van der Waals surface area contributed by atoms with Crippen LogP contribution in [0.5, 0.6) is 0 Å². The Morgan fingerprint density at radius 3 is 3.11 bits per heavy atom. The van der Waals surface area contributed by atoms with Crippen LogP contribution in [0.3, 0.4) is 0 Å². The van der Waals surface area contributed by atoms with E-state index in [9.17, 15) is 5.11 Å². The van der Waals surface area contributed by atoms with E-state index in [4.69, 9.17) is 4.74 Å². The maximum absolute atomic E-state index is 10.5. The number of aliphatic hydroxyl groups excluding tert-OH is 1. The molecule has 2 heterocycles. The molecule has 94 valence electrons. The Labute approximate surface area is 106 Å². The molecular weight excluding hydrogens is 226 g/mol. The van der Waals surface area contributed by atoms with Crippen LogP contribution in [0.4, 0.5) is 0 Å². The normalized spacial score (nSPS) is 21.9. The lowest BCUT2D eigenvalue weighted by Crippen LogP contribution is -2.23. The molecule has 0 aliphatic carbocycles. The van der Waals surface area contributed by atoms with Crippen LogP contribution >= 0.6 is 0 Å². The van der Waals surface area contributed by atoms with Crippen LogP contribution in [0.25, 0.3) is 10.8 Å². The van der Waals surface area contributed by atoms with Crippen molar-refractivity contribution < 1.29 is 9.84 Å². The van der Waals surface area contributed by atoms with E-state index >= 15 is 0 Å². The summed E-state index contributed by atoms with van der Waals surface area (Å²) in [7, 11) is 0. The molecule has 3 heteroatoms. The molecule has 0 radical (unpaired) electrons. The van der Waals surface area contributed by atoms with Crippen LogP contribution in [-0.2, 0) is 4.74 Å². The van der Waals surface area contributed by atoms with Gasteiger partial charge in [0.15, 0.2) is 0 Å². The fraction of sp³-hybridized carbons (Fsp3) is 0.400. The van der Waals surface area contributed by atoms with E-state index in [1.54, 1.807) is 6.20 Å². The zero-order valence-electron chi connectivity index (χ0n) is 10.2. The SMILES string of the molecule is OC(c1cccc2cnccc12)C1CCCOC1. The lowest BCUT2D eigenvalue weighted by atomic mass is 9.89.